The number of nitrogens with zero attached hydrogens (tertiary/aromatic N) is 1. The summed E-state index contributed by atoms with van der Waals surface area (Å²) in [6.07, 6.45) is -7.69. The number of nitrogens with one attached hydrogen (secondary N) is 1. The second-order valence-corrected chi connectivity index (χ2v) is 7.96. The Balaban J connectivity index is 2.73. The van der Waals surface area contributed by atoms with Crippen LogP contribution in [0.15, 0.2) is 53.5 Å². The molecule has 2 aromatic rings. The van der Waals surface area contributed by atoms with Crippen LogP contribution in [-0.2, 0) is 0 Å². The average molecular weight is 624 g/mol. The monoisotopic (exact) mass is 624 g/mol. The van der Waals surface area contributed by atoms with Gasteiger partial charge in [-0.3, -0.25) is 0 Å². The molecule has 0 amide bonds. The molecule has 0 saturated carbocycles. The molecule has 2 rings (SSSR count). The van der Waals surface area contributed by atoms with Gasteiger partial charge in [0.05, 0.1) is 19.9 Å². The van der Waals surface area contributed by atoms with Crippen LogP contribution in [0.3, 0.4) is 0 Å². The smallest absolute Gasteiger partial charge is 0.460 e. The summed E-state index contributed by atoms with van der Waals surface area (Å²) < 4.78 is 215. The predicted octanol–water partition coefficient (Wildman–Crippen LogP) is 8.22. The zero-order valence-corrected chi connectivity index (χ0v) is 20.1. The molecule has 0 aliphatic carbocycles. The van der Waals surface area contributed by atoms with Crippen molar-refractivity contribution in [2.24, 2.45) is 4.99 Å². The fourth-order valence-electron chi connectivity index (χ4n) is 2.89. The van der Waals surface area contributed by atoms with E-state index >= 15 is 8.78 Å². The van der Waals surface area contributed by atoms with Gasteiger partial charge in [0.1, 0.15) is 11.5 Å². The number of benzene rings is 2. The van der Waals surface area contributed by atoms with Crippen molar-refractivity contribution < 1.29 is 75.3 Å². The molecule has 0 heterocycles. The van der Waals surface area contributed by atoms with Crippen molar-refractivity contribution in [1.29, 1.82) is 0 Å². The molecule has 0 atom stereocenters. The van der Waals surface area contributed by atoms with Gasteiger partial charge in [0, 0.05) is 5.69 Å². The van der Waals surface area contributed by atoms with E-state index in [-0.39, 0.29) is 11.5 Å². The van der Waals surface area contributed by atoms with Gasteiger partial charge in [-0.25, -0.2) is 4.99 Å². The van der Waals surface area contributed by atoms with Gasteiger partial charge in [-0.15, -0.1) is 0 Å². The van der Waals surface area contributed by atoms with Crippen LogP contribution in [0.2, 0.25) is 0 Å². The van der Waals surface area contributed by atoms with Crippen LogP contribution in [0.25, 0.3) is 0 Å². The summed E-state index contributed by atoms with van der Waals surface area (Å²) in [7, 11) is 2.26. The van der Waals surface area contributed by atoms with Crippen molar-refractivity contribution in [3.8, 4) is 11.5 Å². The van der Waals surface area contributed by atoms with E-state index in [0.29, 0.717) is 0 Å². The molecule has 19 heteroatoms. The van der Waals surface area contributed by atoms with Crippen LogP contribution >= 0.6 is 0 Å². The van der Waals surface area contributed by atoms with Gasteiger partial charge in [-0.2, -0.15) is 65.9 Å². The van der Waals surface area contributed by atoms with Crippen molar-refractivity contribution in [2.75, 3.05) is 19.5 Å². The molecule has 4 nitrogen and oxygen atoms in total. The number of alkyl halides is 15. The van der Waals surface area contributed by atoms with Crippen LogP contribution in [-0.4, -0.2) is 61.8 Å². The zero-order valence-electron chi connectivity index (χ0n) is 20.1. The SMILES string of the molecule is COc1ccc(N=C(Nc2ccc(OC)cc2)C(F)(F)C(F)(F)C(F)(F)C(F)(F)C(F)(F)C(F)(F)C(F)(F)F)cc1. The normalized spacial score (nSPS) is 14.6. The number of anilines is 1. The Morgan fingerprint density at radius 1 is 0.537 bits per heavy atom. The van der Waals surface area contributed by atoms with Gasteiger partial charge in [-0.05, 0) is 48.5 Å². The largest absolute Gasteiger partial charge is 0.497 e. The zero-order chi connectivity index (χ0) is 31.9. The van der Waals surface area contributed by atoms with E-state index in [4.69, 9.17) is 9.47 Å². The van der Waals surface area contributed by atoms with E-state index in [9.17, 15) is 57.1 Å². The first-order valence-electron chi connectivity index (χ1n) is 10.4. The van der Waals surface area contributed by atoms with Gasteiger partial charge in [0.2, 0.25) is 0 Å². The number of hydrogen-bond acceptors (Lipinski definition) is 3. The number of methoxy groups -OCH3 is 2. The molecule has 230 valence electrons. The van der Waals surface area contributed by atoms with E-state index in [0.717, 1.165) is 62.8 Å². The van der Waals surface area contributed by atoms with E-state index in [1.54, 1.807) is 0 Å². The molecule has 1 N–H and O–H groups in total. The maximum absolute atomic E-state index is 15.0. The molecule has 0 radical (unpaired) electrons. The summed E-state index contributed by atoms with van der Waals surface area (Å²) in [5, 5.41) is 1.41. The van der Waals surface area contributed by atoms with Gasteiger partial charge in [0.15, 0.2) is 5.84 Å². The minimum Gasteiger partial charge on any atom is -0.497 e. The van der Waals surface area contributed by atoms with Crippen molar-refractivity contribution >= 4 is 17.2 Å². The first-order valence-corrected chi connectivity index (χ1v) is 10.4. The Morgan fingerprint density at radius 2 is 0.902 bits per heavy atom. The molecule has 0 aliphatic heterocycles. The third-order valence-electron chi connectivity index (χ3n) is 5.29. The number of aliphatic imine (C=N–C) groups is 1. The van der Waals surface area contributed by atoms with Crippen molar-refractivity contribution in [3.63, 3.8) is 0 Å². The van der Waals surface area contributed by atoms with Crippen molar-refractivity contribution in [3.05, 3.63) is 48.5 Å². The first-order chi connectivity index (χ1) is 18.4. The predicted molar refractivity (Wildman–Crippen MR) is 112 cm³/mol. The summed E-state index contributed by atoms with van der Waals surface area (Å²) in [6, 6.07) is 7.04. The van der Waals surface area contributed by atoms with Crippen LogP contribution in [0.5, 0.6) is 11.5 Å². The van der Waals surface area contributed by atoms with Crippen LogP contribution in [0, 0.1) is 0 Å². The second-order valence-electron chi connectivity index (χ2n) is 7.96. The lowest BCUT2D eigenvalue weighted by molar-refractivity contribution is -0.448. The topological polar surface area (TPSA) is 42.8 Å². The molecule has 0 aromatic heterocycles. The number of amidine groups is 1. The molecule has 0 spiro atoms. The summed E-state index contributed by atoms with van der Waals surface area (Å²) >= 11 is 0. The fraction of sp³-hybridized carbons (Fsp3) is 0.409. The Morgan fingerprint density at radius 3 is 1.29 bits per heavy atom. The van der Waals surface area contributed by atoms with E-state index in [1.807, 2.05) is 0 Å². The van der Waals surface area contributed by atoms with Gasteiger partial charge >= 0.3 is 41.7 Å². The fourth-order valence-corrected chi connectivity index (χ4v) is 2.89. The molecule has 0 aliphatic rings. The Labute approximate surface area is 219 Å². The maximum atomic E-state index is 15.0. The standard InChI is InChI=1S/C22H15F15N2O2/c1-40-13-7-3-11(4-8-13)38-15(39-12-5-9-14(41-2)10-6-12)16(23,24)17(25,26)18(27,28)19(29,30)20(31,32)21(33,34)22(35,36)37/h3-10H,1-2H3,(H,38,39). The van der Waals surface area contributed by atoms with E-state index < -0.39 is 58.9 Å². The lowest BCUT2D eigenvalue weighted by atomic mass is 9.90. The number of rotatable bonds is 10. The number of halogens is 15. The van der Waals surface area contributed by atoms with Crippen LogP contribution in [0.1, 0.15) is 0 Å². The molecule has 0 fully saturated rings. The number of ether oxygens (including phenoxy) is 2. The maximum Gasteiger partial charge on any atom is 0.460 e. The highest BCUT2D eigenvalue weighted by Gasteiger charge is 2.93. The van der Waals surface area contributed by atoms with Crippen LogP contribution in [0.4, 0.5) is 77.2 Å². The van der Waals surface area contributed by atoms with Gasteiger partial charge in [-0.1, -0.05) is 0 Å². The lowest BCUT2D eigenvalue weighted by Crippen LogP contribution is -2.73. The van der Waals surface area contributed by atoms with Crippen molar-refractivity contribution in [2.45, 2.75) is 41.7 Å². The molecule has 0 unspecified atom stereocenters. The highest BCUT2D eigenvalue weighted by molar-refractivity contribution is 6.03. The second kappa shape index (κ2) is 10.7. The average Bonchev–Trinajstić information content (AvgIpc) is 2.87. The third kappa shape index (κ3) is 5.53. The molecule has 41 heavy (non-hydrogen) atoms. The quantitative estimate of drug-likeness (QED) is 0.165. The van der Waals surface area contributed by atoms with Crippen LogP contribution < -0.4 is 14.8 Å². The molecule has 0 bridgehead atoms. The van der Waals surface area contributed by atoms with E-state index in [1.165, 1.54) is 5.32 Å². The number of hydrogen-bond donors (Lipinski definition) is 1. The van der Waals surface area contributed by atoms with Gasteiger partial charge < -0.3 is 14.8 Å². The summed E-state index contributed by atoms with van der Waals surface area (Å²) in [4.78, 5) is 2.95. The molecule has 0 saturated heterocycles. The first kappa shape index (κ1) is 33.7. The Kier molecular flexibility index (Phi) is 8.78. The minimum atomic E-state index is -8.42. The Bertz CT molecular complexity index is 1230. The Hall–Kier alpha value is -3.54. The highest BCUT2D eigenvalue weighted by Crippen LogP contribution is 2.62. The molecular formula is C22H15F15N2O2. The molecule has 2 aromatic carbocycles. The lowest BCUT2D eigenvalue weighted by Gasteiger charge is -2.41. The minimum absolute atomic E-state index is 0.0182. The van der Waals surface area contributed by atoms with Gasteiger partial charge in [0.25, 0.3) is 0 Å². The summed E-state index contributed by atoms with van der Waals surface area (Å²) in [6.45, 7) is 0. The van der Waals surface area contributed by atoms with Crippen molar-refractivity contribution in [1.82, 2.24) is 0 Å². The summed E-state index contributed by atoms with van der Waals surface area (Å²) in [5.41, 5.74) is -1.46. The third-order valence-corrected chi connectivity index (χ3v) is 5.29. The van der Waals surface area contributed by atoms with E-state index in [2.05, 4.69) is 4.99 Å². The summed E-state index contributed by atoms with van der Waals surface area (Å²) in [5.74, 6) is -50.2. The molecular weight excluding hydrogens is 609 g/mol. The highest BCUT2D eigenvalue weighted by atomic mass is 19.4.